The van der Waals surface area contributed by atoms with Gasteiger partial charge in [0.15, 0.2) is 11.5 Å². The lowest BCUT2D eigenvalue weighted by Gasteiger charge is -2.09. The van der Waals surface area contributed by atoms with Gasteiger partial charge < -0.3 is 20.3 Å². The fourth-order valence-corrected chi connectivity index (χ4v) is 1.45. The molecule has 2 rings (SSSR count). The predicted octanol–water partition coefficient (Wildman–Crippen LogP) is 1.31. The minimum Gasteiger partial charge on any atom is -0.481 e. The number of fused-ring (bicyclic) bond motifs is 1. The number of nitrogens with two attached hydrogens (primary N) is 1. The lowest BCUT2D eigenvalue weighted by molar-refractivity contribution is -0.137. The van der Waals surface area contributed by atoms with Crippen molar-refractivity contribution >= 4 is 18.4 Å². The van der Waals surface area contributed by atoms with Gasteiger partial charge in [0, 0.05) is 6.04 Å². The molecule has 3 N–H and O–H groups in total. The first kappa shape index (κ1) is 12.6. The van der Waals surface area contributed by atoms with Crippen LogP contribution in [0.4, 0.5) is 0 Å². The average Bonchev–Trinajstić information content (AvgIpc) is 2.62. The Morgan fingerprint density at radius 1 is 1.44 bits per heavy atom. The summed E-state index contributed by atoms with van der Waals surface area (Å²) in [5.74, 6) is 0.370. The minimum atomic E-state index is -0.917. The van der Waals surface area contributed by atoms with Gasteiger partial charge in [-0.05, 0) is 17.7 Å². The van der Waals surface area contributed by atoms with Crippen LogP contribution in [0.25, 0.3) is 0 Å². The summed E-state index contributed by atoms with van der Waals surface area (Å²) in [5, 5.41) is 8.60. The highest BCUT2D eigenvalue weighted by molar-refractivity contribution is 5.85. The Kier molecular flexibility index (Phi) is 3.98. The molecule has 16 heavy (non-hydrogen) atoms. The van der Waals surface area contributed by atoms with Crippen LogP contribution in [0.1, 0.15) is 18.0 Å². The van der Waals surface area contributed by atoms with Crippen LogP contribution in [-0.2, 0) is 4.79 Å². The van der Waals surface area contributed by atoms with Gasteiger partial charge in [-0.15, -0.1) is 12.4 Å². The van der Waals surface area contributed by atoms with E-state index in [0.717, 1.165) is 5.56 Å². The van der Waals surface area contributed by atoms with Crippen molar-refractivity contribution in [3.8, 4) is 11.5 Å². The van der Waals surface area contributed by atoms with Gasteiger partial charge in [0.2, 0.25) is 6.79 Å². The molecule has 1 aromatic carbocycles. The number of aliphatic carboxylic acids is 1. The molecular weight excluding hydrogens is 234 g/mol. The molecule has 0 radical (unpaired) electrons. The number of benzene rings is 1. The molecule has 1 atom stereocenters. The normalized spacial score (nSPS) is 14.1. The third-order valence-electron chi connectivity index (χ3n) is 2.22. The number of carboxylic acids is 1. The van der Waals surface area contributed by atoms with Crippen molar-refractivity contribution in [3.05, 3.63) is 23.8 Å². The fourth-order valence-electron chi connectivity index (χ4n) is 1.45. The molecule has 1 heterocycles. The van der Waals surface area contributed by atoms with Gasteiger partial charge in [-0.2, -0.15) is 0 Å². The second-order valence-electron chi connectivity index (χ2n) is 3.32. The largest absolute Gasteiger partial charge is 0.481 e. The van der Waals surface area contributed by atoms with E-state index < -0.39 is 12.0 Å². The second-order valence-corrected chi connectivity index (χ2v) is 3.32. The van der Waals surface area contributed by atoms with Crippen molar-refractivity contribution in [2.75, 3.05) is 6.79 Å². The SMILES string of the molecule is Cl.N[C@@H](CC(=O)O)c1ccc2c(c1)OCO2. The summed E-state index contributed by atoms with van der Waals surface area (Å²) < 4.78 is 10.3. The Balaban J connectivity index is 0.00000128. The van der Waals surface area contributed by atoms with Gasteiger partial charge in [0.05, 0.1) is 6.42 Å². The highest BCUT2D eigenvalue weighted by Crippen LogP contribution is 2.34. The lowest BCUT2D eigenvalue weighted by atomic mass is 10.0. The predicted molar refractivity (Wildman–Crippen MR) is 59.0 cm³/mol. The number of rotatable bonds is 3. The molecule has 0 saturated heterocycles. The van der Waals surface area contributed by atoms with Gasteiger partial charge in [-0.25, -0.2) is 0 Å². The van der Waals surface area contributed by atoms with Crippen LogP contribution in [-0.4, -0.2) is 17.9 Å². The molecule has 0 fully saturated rings. The summed E-state index contributed by atoms with van der Waals surface area (Å²) in [6.45, 7) is 0.201. The zero-order valence-corrected chi connectivity index (χ0v) is 9.20. The summed E-state index contributed by atoms with van der Waals surface area (Å²) in [6.07, 6.45) is -0.0976. The maximum Gasteiger partial charge on any atom is 0.305 e. The zero-order chi connectivity index (χ0) is 10.8. The maximum atomic E-state index is 10.5. The Hall–Kier alpha value is -1.46. The molecule has 1 aliphatic heterocycles. The third-order valence-corrected chi connectivity index (χ3v) is 2.22. The Bertz CT molecular complexity index is 396. The van der Waals surface area contributed by atoms with Crippen LogP contribution in [0.2, 0.25) is 0 Å². The summed E-state index contributed by atoms with van der Waals surface area (Å²) in [6, 6.07) is 4.69. The van der Waals surface area contributed by atoms with Crippen LogP contribution in [0.5, 0.6) is 11.5 Å². The van der Waals surface area contributed by atoms with E-state index in [4.69, 9.17) is 20.3 Å². The number of hydrogen-bond acceptors (Lipinski definition) is 4. The first-order chi connectivity index (χ1) is 7.16. The van der Waals surface area contributed by atoms with Crippen molar-refractivity contribution in [2.24, 2.45) is 5.73 Å². The van der Waals surface area contributed by atoms with Crippen molar-refractivity contribution in [2.45, 2.75) is 12.5 Å². The smallest absolute Gasteiger partial charge is 0.305 e. The molecule has 0 bridgehead atoms. The average molecular weight is 246 g/mol. The monoisotopic (exact) mass is 245 g/mol. The van der Waals surface area contributed by atoms with Gasteiger partial charge in [-0.1, -0.05) is 6.07 Å². The molecule has 1 aromatic rings. The quantitative estimate of drug-likeness (QED) is 0.839. The van der Waals surface area contributed by atoms with E-state index in [1.54, 1.807) is 18.2 Å². The first-order valence-electron chi connectivity index (χ1n) is 4.54. The van der Waals surface area contributed by atoms with Crippen LogP contribution in [0.3, 0.4) is 0 Å². The van der Waals surface area contributed by atoms with Gasteiger partial charge in [0.1, 0.15) is 0 Å². The topological polar surface area (TPSA) is 81.8 Å². The van der Waals surface area contributed by atoms with E-state index in [-0.39, 0.29) is 25.6 Å². The molecule has 1 aliphatic rings. The molecule has 0 spiro atoms. The van der Waals surface area contributed by atoms with Gasteiger partial charge >= 0.3 is 5.97 Å². The van der Waals surface area contributed by atoms with Crippen molar-refractivity contribution in [1.82, 2.24) is 0 Å². The Morgan fingerprint density at radius 2 is 2.12 bits per heavy atom. The van der Waals surface area contributed by atoms with Gasteiger partial charge in [0.25, 0.3) is 0 Å². The van der Waals surface area contributed by atoms with E-state index in [2.05, 4.69) is 0 Å². The summed E-state index contributed by atoms with van der Waals surface area (Å²) >= 11 is 0. The molecule has 0 amide bonds. The summed E-state index contributed by atoms with van der Waals surface area (Å²) in [4.78, 5) is 10.5. The Morgan fingerprint density at radius 3 is 2.81 bits per heavy atom. The number of carboxylic acid groups (broad SMARTS) is 1. The zero-order valence-electron chi connectivity index (χ0n) is 8.38. The molecule has 0 aromatic heterocycles. The number of carbonyl (C=O) groups is 1. The van der Waals surface area contributed by atoms with E-state index in [1.165, 1.54) is 0 Å². The van der Waals surface area contributed by atoms with Crippen molar-refractivity contribution < 1.29 is 19.4 Å². The van der Waals surface area contributed by atoms with E-state index in [1.807, 2.05) is 0 Å². The summed E-state index contributed by atoms with van der Waals surface area (Å²) in [7, 11) is 0. The highest BCUT2D eigenvalue weighted by atomic mass is 35.5. The maximum absolute atomic E-state index is 10.5. The third kappa shape index (κ3) is 2.56. The van der Waals surface area contributed by atoms with Crippen LogP contribution >= 0.6 is 12.4 Å². The molecule has 88 valence electrons. The highest BCUT2D eigenvalue weighted by Gasteiger charge is 2.17. The van der Waals surface area contributed by atoms with Crippen LogP contribution in [0.15, 0.2) is 18.2 Å². The van der Waals surface area contributed by atoms with Crippen molar-refractivity contribution in [3.63, 3.8) is 0 Å². The van der Waals surface area contributed by atoms with Crippen LogP contribution in [0, 0.1) is 0 Å². The molecule has 6 heteroatoms. The number of halogens is 1. The molecule has 0 unspecified atom stereocenters. The first-order valence-corrected chi connectivity index (χ1v) is 4.54. The van der Waals surface area contributed by atoms with Gasteiger partial charge in [-0.3, -0.25) is 4.79 Å². The fraction of sp³-hybridized carbons (Fsp3) is 0.300. The van der Waals surface area contributed by atoms with E-state index >= 15 is 0 Å². The lowest BCUT2D eigenvalue weighted by Crippen LogP contribution is -2.14. The van der Waals surface area contributed by atoms with E-state index in [9.17, 15) is 4.79 Å². The van der Waals surface area contributed by atoms with Crippen molar-refractivity contribution in [1.29, 1.82) is 0 Å². The second kappa shape index (κ2) is 5.05. The standard InChI is InChI=1S/C10H11NO4.ClH/c11-7(4-10(12)13)6-1-2-8-9(3-6)15-5-14-8;/h1-3,7H,4-5,11H2,(H,12,13);1H/t7-;/m0./s1. The Labute approximate surface area is 98.6 Å². The number of hydrogen-bond donors (Lipinski definition) is 2. The van der Waals surface area contributed by atoms with Crippen LogP contribution < -0.4 is 15.2 Å². The number of ether oxygens (including phenoxy) is 2. The molecule has 0 aliphatic carbocycles. The molecular formula is C10H12ClNO4. The minimum absolute atomic E-state index is 0. The molecule has 0 saturated carbocycles. The summed E-state index contributed by atoms with van der Waals surface area (Å²) in [5.41, 5.74) is 6.45. The molecule has 5 nitrogen and oxygen atoms in total. The van der Waals surface area contributed by atoms with E-state index in [0.29, 0.717) is 11.5 Å².